The first-order valence-corrected chi connectivity index (χ1v) is 14.8. The van der Waals surface area contributed by atoms with Crippen molar-refractivity contribution in [1.29, 1.82) is 0 Å². The molecule has 0 radical (unpaired) electrons. The van der Waals surface area contributed by atoms with E-state index in [9.17, 15) is 0 Å². The van der Waals surface area contributed by atoms with Crippen LogP contribution in [0.5, 0.6) is 0 Å². The van der Waals surface area contributed by atoms with Crippen molar-refractivity contribution in [3.8, 4) is 11.1 Å². The van der Waals surface area contributed by atoms with E-state index in [-0.39, 0.29) is 12.3 Å². The van der Waals surface area contributed by atoms with Gasteiger partial charge in [0.15, 0.2) is 0 Å². The van der Waals surface area contributed by atoms with Gasteiger partial charge in [-0.25, -0.2) is 4.99 Å². The van der Waals surface area contributed by atoms with Gasteiger partial charge in [0.2, 0.25) is 0 Å². The molecule has 4 heteroatoms. The maximum Gasteiger partial charge on any atom is 0.131 e. The van der Waals surface area contributed by atoms with Gasteiger partial charge in [-0.1, -0.05) is 121 Å². The van der Waals surface area contributed by atoms with Gasteiger partial charge >= 0.3 is 0 Å². The Kier molecular flexibility index (Phi) is 5.87. The summed E-state index contributed by atoms with van der Waals surface area (Å²) < 4.78 is 2.64. The van der Waals surface area contributed by atoms with Gasteiger partial charge in [0.05, 0.1) is 0 Å². The SMILES string of the molecule is c1ccc(-c2ccc(C3=NC(c4ccc5ccc6sc7ccccc7c6c5c4)NC(c4ccccc4)N3)cc2)cc1. The molecule has 0 fully saturated rings. The molecule has 0 spiro atoms. The van der Waals surface area contributed by atoms with Crippen LogP contribution < -0.4 is 10.6 Å². The highest BCUT2D eigenvalue weighted by Crippen LogP contribution is 2.39. The third-order valence-corrected chi connectivity index (χ3v) is 9.10. The lowest BCUT2D eigenvalue weighted by Crippen LogP contribution is -2.44. The fourth-order valence-electron chi connectivity index (χ4n) is 5.88. The van der Waals surface area contributed by atoms with E-state index in [1.165, 1.54) is 47.6 Å². The number of fused-ring (bicyclic) bond motifs is 5. The molecule has 8 rings (SSSR count). The van der Waals surface area contributed by atoms with Crippen LogP contribution in [0.3, 0.4) is 0 Å². The summed E-state index contributed by atoms with van der Waals surface area (Å²) >= 11 is 1.86. The van der Waals surface area contributed by atoms with Crippen molar-refractivity contribution in [3.05, 3.63) is 156 Å². The summed E-state index contributed by atoms with van der Waals surface area (Å²) in [7, 11) is 0. The number of nitrogens with one attached hydrogen (secondary N) is 2. The van der Waals surface area contributed by atoms with Crippen molar-refractivity contribution in [1.82, 2.24) is 10.6 Å². The number of amidine groups is 1. The third kappa shape index (κ3) is 4.38. The van der Waals surface area contributed by atoms with E-state index in [1.807, 2.05) is 17.4 Å². The number of nitrogens with zero attached hydrogens (tertiary/aromatic N) is 1. The molecule has 6 aromatic carbocycles. The molecule has 7 aromatic rings. The Balaban J connectivity index is 1.24. The van der Waals surface area contributed by atoms with Gasteiger partial charge in [0.1, 0.15) is 18.2 Å². The lowest BCUT2D eigenvalue weighted by Gasteiger charge is -2.32. The molecule has 0 saturated carbocycles. The summed E-state index contributed by atoms with van der Waals surface area (Å²) in [5, 5.41) is 12.6. The normalized spacial score (nSPS) is 17.0. The van der Waals surface area contributed by atoms with Crippen LogP contribution in [-0.4, -0.2) is 5.84 Å². The number of thiophene rings is 1. The van der Waals surface area contributed by atoms with Crippen molar-refractivity contribution < 1.29 is 0 Å². The maximum atomic E-state index is 5.23. The number of aliphatic imine (C=N–C) groups is 1. The molecule has 2 atom stereocenters. The average Bonchev–Trinajstić information content (AvgIpc) is 3.44. The minimum Gasteiger partial charge on any atom is -0.350 e. The summed E-state index contributed by atoms with van der Waals surface area (Å²) in [5.41, 5.74) is 5.81. The Morgan fingerprint density at radius 1 is 0.537 bits per heavy atom. The molecule has 2 N–H and O–H groups in total. The zero-order valence-electron chi connectivity index (χ0n) is 22.3. The van der Waals surface area contributed by atoms with E-state index in [0.717, 1.165) is 17.0 Å². The molecule has 1 aliphatic heterocycles. The van der Waals surface area contributed by atoms with Crippen molar-refractivity contribution in [2.45, 2.75) is 12.3 Å². The Morgan fingerprint density at radius 3 is 2.05 bits per heavy atom. The first-order valence-electron chi connectivity index (χ1n) is 14.0. The molecule has 0 saturated heterocycles. The van der Waals surface area contributed by atoms with Crippen LogP contribution in [0.2, 0.25) is 0 Å². The van der Waals surface area contributed by atoms with Crippen LogP contribution in [0.1, 0.15) is 29.0 Å². The summed E-state index contributed by atoms with van der Waals surface area (Å²) in [6, 6.07) is 49.7. The lowest BCUT2D eigenvalue weighted by atomic mass is 9.99. The Morgan fingerprint density at radius 2 is 1.22 bits per heavy atom. The van der Waals surface area contributed by atoms with E-state index in [2.05, 4.69) is 144 Å². The highest BCUT2D eigenvalue weighted by Gasteiger charge is 2.25. The summed E-state index contributed by atoms with van der Waals surface area (Å²) in [4.78, 5) is 5.23. The summed E-state index contributed by atoms with van der Waals surface area (Å²) in [6.07, 6.45) is -0.272. The first kappa shape index (κ1) is 24.1. The number of hydrogen-bond donors (Lipinski definition) is 2. The van der Waals surface area contributed by atoms with E-state index >= 15 is 0 Å². The quantitative estimate of drug-likeness (QED) is 0.231. The molecular weight excluding hydrogens is 518 g/mol. The second-order valence-corrected chi connectivity index (χ2v) is 11.6. The fourth-order valence-corrected chi connectivity index (χ4v) is 7.00. The second-order valence-electron chi connectivity index (χ2n) is 10.5. The minimum atomic E-state index is -0.199. The molecule has 2 unspecified atom stereocenters. The predicted octanol–water partition coefficient (Wildman–Crippen LogP) is 9.21. The van der Waals surface area contributed by atoms with Gasteiger partial charge in [-0.05, 0) is 51.2 Å². The van der Waals surface area contributed by atoms with E-state index < -0.39 is 0 Å². The van der Waals surface area contributed by atoms with Gasteiger partial charge in [0, 0.05) is 25.7 Å². The van der Waals surface area contributed by atoms with Crippen molar-refractivity contribution >= 4 is 48.1 Å². The monoisotopic (exact) mass is 545 g/mol. The Bertz CT molecular complexity index is 2040. The van der Waals surface area contributed by atoms with Gasteiger partial charge < -0.3 is 5.32 Å². The largest absolute Gasteiger partial charge is 0.350 e. The van der Waals surface area contributed by atoms with E-state index in [0.29, 0.717) is 0 Å². The number of hydrogen-bond acceptors (Lipinski definition) is 4. The topological polar surface area (TPSA) is 36.4 Å². The second kappa shape index (κ2) is 10.0. The van der Waals surface area contributed by atoms with E-state index in [1.54, 1.807) is 0 Å². The molecule has 1 aromatic heterocycles. The first-order chi connectivity index (χ1) is 20.3. The summed E-state index contributed by atoms with van der Waals surface area (Å²) in [5.74, 6) is 0.890. The van der Waals surface area contributed by atoms with Crippen LogP contribution in [0, 0.1) is 0 Å². The molecule has 0 aliphatic carbocycles. The van der Waals surface area contributed by atoms with Crippen molar-refractivity contribution in [2.75, 3.05) is 0 Å². The van der Waals surface area contributed by atoms with Crippen LogP contribution in [0.25, 0.3) is 42.1 Å². The highest BCUT2D eigenvalue weighted by atomic mass is 32.1. The van der Waals surface area contributed by atoms with Crippen molar-refractivity contribution in [3.63, 3.8) is 0 Å². The van der Waals surface area contributed by atoms with Crippen molar-refractivity contribution in [2.24, 2.45) is 4.99 Å². The van der Waals surface area contributed by atoms with Gasteiger partial charge in [0.25, 0.3) is 0 Å². The summed E-state index contributed by atoms with van der Waals surface area (Å²) in [6.45, 7) is 0. The zero-order valence-corrected chi connectivity index (χ0v) is 23.1. The van der Waals surface area contributed by atoms with Crippen LogP contribution in [-0.2, 0) is 0 Å². The van der Waals surface area contributed by atoms with Gasteiger partial charge in [-0.2, -0.15) is 0 Å². The standard InChI is InChI=1S/C37H27N3S/c1-3-9-24(10-4-1)25-15-18-28(19-16-25)36-38-35(27-11-5-2-6-12-27)39-37(40-36)29-20-17-26-21-22-33-34(31(26)23-29)30-13-7-8-14-32(30)41-33/h1-23,35,37,39H,(H,38,40). The average molecular weight is 546 g/mol. The third-order valence-electron chi connectivity index (χ3n) is 7.96. The van der Waals surface area contributed by atoms with Crippen LogP contribution in [0.4, 0.5) is 0 Å². The molecular formula is C37H27N3S. The lowest BCUT2D eigenvalue weighted by molar-refractivity contribution is 0.409. The highest BCUT2D eigenvalue weighted by molar-refractivity contribution is 7.26. The Labute approximate surface area is 242 Å². The number of rotatable bonds is 4. The molecule has 0 bridgehead atoms. The Hall–Kier alpha value is -4.77. The minimum absolute atomic E-state index is 0.0732. The molecule has 2 heterocycles. The van der Waals surface area contributed by atoms with Crippen LogP contribution in [0.15, 0.2) is 145 Å². The molecule has 1 aliphatic rings. The van der Waals surface area contributed by atoms with Gasteiger partial charge in [-0.15, -0.1) is 11.3 Å². The smallest absolute Gasteiger partial charge is 0.131 e. The molecule has 3 nitrogen and oxygen atoms in total. The van der Waals surface area contributed by atoms with Gasteiger partial charge in [-0.3, -0.25) is 5.32 Å². The maximum absolute atomic E-state index is 5.23. The molecule has 0 amide bonds. The molecule has 196 valence electrons. The van der Waals surface area contributed by atoms with Crippen LogP contribution >= 0.6 is 11.3 Å². The zero-order chi connectivity index (χ0) is 27.2. The fraction of sp³-hybridized carbons (Fsp3) is 0.0541. The predicted molar refractivity (Wildman–Crippen MR) is 173 cm³/mol. The van der Waals surface area contributed by atoms with E-state index in [4.69, 9.17) is 4.99 Å². The molecule has 41 heavy (non-hydrogen) atoms. The number of benzene rings is 6.